The van der Waals surface area contributed by atoms with Gasteiger partial charge in [0.2, 0.25) is 0 Å². The van der Waals surface area contributed by atoms with Crippen molar-refractivity contribution < 1.29 is 22.8 Å². The van der Waals surface area contributed by atoms with Gasteiger partial charge in [-0.3, -0.25) is 0 Å². The summed E-state index contributed by atoms with van der Waals surface area (Å²) < 4.78 is 40.1. The number of likely N-dealkylation sites (N-methyl/N-ethyl adjacent to an activating group) is 1. The van der Waals surface area contributed by atoms with Crippen molar-refractivity contribution in [3.8, 4) is 5.75 Å². The molecule has 0 aliphatic carbocycles. The first-order chi connectivity index (χ1) is 10.9. The molecule has 1 unspecified atom stereocenters. The van der Waals surface area contributed by atoms with Crippen LogP contribution < -0.4 is 20.3 Å². The van der Waals surface area contributed by atoms with E-state index in [0.717, 1.165) is 13.1 Å². The Kier molecular flexibility index (Phi) is 6.06. The molecule has 0 bridgehead atoms. The standard InChI is InChI=1S/C15H20F3N3OS/c1-2-21-9-3-4-12(21)10-19-14(23)20-11-5-7-13(8-6-11)22-15(16,17)18/h5-8,12H,2-4,9-10H2,1H3,(H2,19,20,23)/p+1/t12-/m1/s1. The molecule has 1 aliphatic rings. The first kappa shape index (κ1) is 17.8. The molecule has 1 aromatic rings. The first-order valence-corrected chi connectivity index (χ1v) is 8.03. The molecule has 0 spiro atoms. The van der Waals surface area contributed by atoms with Gasteiger partial charge in [-0.1, -0.05) is 0 Å². The van der Waals surface area contributed by atoms with Crippen LogP contribution in [-0.4, -0.2) is 37.2 Å². The summed E-state index contributed by atoms with van der Waals surface area (Å²) in [6.07, 6.45) is -2.26. The van der Waals surface area contributed by atoms with Crippen molar-refractivity contribution in [2.24, 2.45) is 0 Å². The largest absolute Gasteiger partial charge is 0.573 e. The molecule has 1 heterocycles. The van der Waals surface area contributed by atoms with Gasteiger partial charge in [0.05, 0.1) is 19.6 Å². The fourth-order valence-corrected chi connectivity index (χ4v) is 3.03. The van der Waals surface area contributed by atoms with E-state index >= 15 is 0 Å². The minimum absolute atomic E-state index is 0.255. The van der Waals surface area contributed by atoms with Crippen LogP contribution in [0, 0.1) is 0 Å². The Balaban J connectivity index is 1.79. The lowest BCUT2D eigenvalue weighted by molar-refractivity contribution is -0.909. The van der Waals surface area contributed by atoms with Crippen molar-refractivity contribution in [2.45, 2.75) is 32.2 Å². The van der Waals surface area contributed by atoms with Gasteiger partial charge in [-0.05, 0) is 43.4 Å². The van der Waals surface area contributed by atoms with Gasteiger partial charge in [0.25, 0.3) is 0 Å². The number of ether oxygens (including phenoxy) is 1. The summed E-state index contributed by atoms with van der Waals surface area (Å²) >= 11 is 5.22. The van der Waals surface area contributed by atoms with E-state index in [9.17, 15) is 13.2 Å². The van der Waals surface area contributed by atoms with Gasteiger partial charge in [0.15, 0.2) is 5.11 Å². The molecule has 0 aromatic heterocycles. The van der Waals surface area contributed by atoms with Crippen LogP contribution in [0.15, 0.2) is 24.3 Å². The summed E-state index contributed by atoms with van der Waals surface area (Å²) in [7, 11) is 0. The first-order valence-electron chi connectivity index (χ1n) is 7.62. The van der Waals surface area contributed by atoms with Gasteiger partial charge < -0.3 is 20.3 Å². The van der Waals surface area contributed by atoms with Crippen molar-refractivity contribution >= 4 is 23.0 Å². The summed E-state index contributed by atoms with van der Waals surface area (Å²) in [5.74, 6) is -0.255. The number of benzene rings is 1. The molecular formula is C15H21F3N3OS+. The number of alkyl halides is 3. The second-order valence-corrected chi connectivity index (χ2v) is 5.92. The van der Waals surface area contributed by atoms with E-state index in [1.807, 2.05) is 0 Å². The maximum atomic E-state index is 12.1. The zero-order valence-corrected chi connectivity index (χ0v) is 13.7. The zero-order chi connectivity index (χ0) is 16.9. The van der Waals surface area contributed by atoms with Crippen LogP contribution in [0.4, 0.5) is 18.9 Å². The molecule has 1 fully saturated rings. The van der Waals surface area contributed by atoms with E-state index in [1.54, 1.807) is 4.90 Å². The van der Waals surface area contributed by atoms with E-state index < -0.39 is 6.36 Å². The summed E-state index contributed by atoms with van der Waals surface area (Å²) in [5, 5.41) is 6.61. The molecule has 2 rings (SSSR count). The van der Waals surface area contributed by atoms with Gasteiger partial charge >= 0.3 is 6.36 Å². The van der Waals surface area contributed by atoms with Crippen molar-refractivity contribution in [3.63, 3.8) is 0 Å². The monoisotopic (exact) mass is 348 g/mol. The van der Waals surface area contributed by atoms with Gasteiger partial charge in [0.1, 0.15) is 11.8 Å². The number of halogens is 3. The SMILES string of the molecule is CC[NH+]1CCC[C@@H]1CNC(=S)Nc1ccc(OC(F)(F)F)cc1. The van der Waals surface area contributed by atoms with E-state index in [-0.39, 0.29) is 5.75 Å². The lowest BCUT2D eigenvalue weighted by atomic mass is 10.2. The second-order valence-electron chi connectivity index (χ2n) is 5.51. The van der Waals surface area contributed by atoms with E-state index in [4.69, 9.17) is 12.2 Å². The Labute approximate surface area is 139 Å². The third-order valence-corrected chi connectivity index (χ3v) is 4.18. The molecule has 2 atom stereocenters. The molecule has 1 aromatic carbocycles. The summed E-state index contributed by atoms with van der Waals surface area (Å²) in [5.41, 5.74) is 0.614. The molecular weight excluding hydrogens is 327 g/mol. The summed E-state index contributed by atoms with van der Waals surface area (Å²) in [6, 6.07) is 6.04. The number of nitrogens with one attached hydrogen (secondary N) is 3. The van der Waals surface area contributed by atoms with Crippen molar-refractivity contribution in [3.05, 3.63) is 24.3 Å². The van der Waals surface area contributed by atoms with Gasteiger partial charge in [-0.25, -0.2) is 0 Å². The maximum absolute atomic E-state index is 12.1. The van der Waals surface area contributed by atoms with E-state index in [0.29, 0.717) is 16.8 Å². The Hall–Kier alpha value is -1.54. The van der Waals surface area contributed by atoms with Crippen LogP contribution in [0.5, 0.6) is 5.75 Å². The predicted molar refractivity (Wildman–Crippen MR) is 86.7 cm³/mol. The van der Waals surface area contributed by atoms with Crippen LogP contribution in [0.3, 0.4) is 0 Å². The van der Waals surface area contributed by atoms with Gasteiger partial charge in [-0.2, -0.15) is 0 Å². The smallest absolute Gasteiger partial charge is 0.406 e. The topological polar surface area (TPSA) is 37.7 Å². The molecule has 1 aliphatic heterocycles. The average Bonchev–Trinajstić information content (AvgIpc) is 2.93. The Bertz CT molecular complexity index is 522. The van der Waals surface area contributed by atoms with E-state index in [1.165, 1.54) is 43.7 Å². The van der Waals surface area contributed by atoms with E-state index in [2.05, 4.69) is 22.3 Å². The highest BCUT2D eigenvalue weighted by Crippen LogP contribution is 2.23. The number of rotatable bonds is 5. The summed E-state index contributed by atoms with van der Waals surface area (Å²) in [6.45, 7) is 5.27. The predicted octanol–water partition coefficient (Wildman–Crippen LogP) is 1.94. The third-order valence-electron chi connectivity index (χ3n) is 3.94. The molecule has 3 N–H and O–H groups in total. The Morgan fingerprint density at radius 3 is 2.65 bits per heavy atom. The van der Waals surface area contributed by atoms with Crippen LogP contribution >= 0.6 is 12.2 Å². The number of quaternary nitrogens is 1. The zero-order valence-electron chi connectivity index (χ0n) is 12.9. The van der Waals surface area contributed by atoms with Crippen LogP contribution in [0.25, 0.3) is 0 Å². The molecule has 8 heteroatoms. The number of likely N-dealkylation sites (tertiary alicyclic amines) is 1. The highest BCUT2D eigenvalue weighted by atomic mass is 32.1. The molecule has 1 saturated heterocycles. The molecule has 23 heavy (non-hydrogen) atoms. The Morgan fingerprint density at radius 1 is 1.35 bits per heavy atom. The Morgan fingerprint density at radius 2 is 2.04 bits per heavy atom. The molecule has 0 saturated carbocycles. The normalized spacial score (nSPS) is 21.0. The maximum Gasteiger partial charge on any atom is 0.573 e. The van der Waals surface area contributed by atoms with Crippen LogP contribution in [0.2, 0.25) is 0 Å². The number of hydrogen-bond donors (Lipinski definition) is 3. The van der Waals surface area contributed by atoms with Gasteiger partial charge in [-0.15, -0.1) is 13.2 Å². The minimum atomic E-state index is -4.68. The average molecular weight is 348 g/mol. The van der Waals surface area contributed by atoms with Gasteiger partial charge in [0, 0.05) is 18.5 Å². The van der Waals surface area contributed by atoms with Crippen LogP contribution in [-0.2, 0) is 0 Å². The number of anilines is 1. The van der Waals surface area contributed by atoms with Crippen molar-refractivity contribution in [2.75, 3.05) is 25.0 Å². The molecule has 0 amide bonds. The van der Waals surface area contributed by atoms with Crippen LogP contribution in [0.1, 0.15) is 19.8 Å². The number of thiocarbonyl (C=S) groups is 1. The molecule has 128 valence electrons. The second kappa shape index (κ2) is 7.83. The lowest BCUT2D eigenvalue weighted by Crippen LogP contribution is -3.14. The molecule has 4 nitrogen and oxygen atoms in total. The fraction of sp³-hybridized carbons (Fsp3) is 0.533. The highest BCUT2D eigenvalue weighted by Gasteiger charge is 2.31. The minimum Gasteiger partial charge on any atom is -0.406 e. The number of hydrogen-bond acceptors (Lipinski definition) is 2. The third kappa shape index (κ3) is 5.87. The fourth-order valence-electron chi connectivity index (χ4n) is 2.83. The highest BCUT2D eigenvalue weighted by molar-refractivity contribution is 7.80. The van der Waals surface area contributed by atoms with Crippen molar-refractivity contribution in [1.82, 2.24) is 5.32 Å². The quantitative estimate of drug-likeness (QED) is 0.711. The summed E-state index contributed by atoms with van der Waals surface area (Å²) in [4.78, 5) is 1.58. The molecule has 0 radical (unpaired) electrons. The van der Waals surface area contributed by atoms with Crippen molar-refractivity contribution in [1.29, 1.82) is 0 Å². The lowest BCUT2D eigenvalue weighted by Gasteiger charge is -2.21.